The van der Waals surface area contributed by atoms with Gasteiger partial charge in [0.2, 0.25) is 5.88 Å². The Morgan fingerprint density at radius 2 is 2.04 bits per heavy atom. The fraction of sp³-hybridized carbons (Fsp3) is 0.412. The molecule has 1 aliphatic heterocycles. The minimum absolute atomic E-state index is 0.379. The average Bonchev–Trinajstić information content (AvgIpc) is 3.12. The van der Waals surface area contributed by atoms with Crippen LogP contribution in [0.25, 0.3) is 11.0 Å². The van der Waals surface area contributed by atoms with Crippen molar-refractivity contribution in [2.75, 3.05) is 29.9 Å². The average molecular weight is 339 g/mol. The summed E-state index contributed by atoms with van der Waals surface area (Å²) >= 11 is 0. The van der Waals surface area contributed by atoms with Crippen LogP contribution >= 0.6 is 0 Å². The third kappa shape index (κ3) is 3.33. The van der Waals surface area contributed by atoms with E-state index < -0.39 is 0 Å². The topological polar surface area (TPSA) is 91.8 Å². The Morgan fingerprint density at radius 1 is 1.20 bits per heavy atom. The van der Waals surface area contributed by atoms with Crippen molar-refractivity contribution in [1.29, 1.82) is 0 Å². The second-order valence-corrected chi connectivity index (χ2v) is 6.02. The number of piperidine rings is 1. The van der Waals surface area contributed by atoms with Crippen molar-refractivity contribution in [3.63, 3.8) is 0 Å². The highest BCUT2D eigenvalue weighted by molar-refractivity contribution is 5.87. The van der Waals surface area contributed by atoms with E-state index in [1.54, 1.807) is 6.33 Å². The van der Waals surface area contributed by atoms with Gasteiger partial charge in [0.15, 0.2) is 0 Å². The third-order valence-electron chi connectivity index (χ3n) is 4.41. The van der Waals surface area contributed by atoms with Gasteiger partial charge in [-0.05, 0) is 25.8 Å². The van der Waals surface area contributed by atoms with Crippen LogP contribution in [0, 0.1) is 0 Å². The Balaban J connectivity index is 1.40. The van der Waals surface area contributed by atoms with E-state index in [1.165, 1.54) is 6.33 Å². The van der Waals surface area contributed by atoms with Gasteiger partial charge in [-0.2, -0.15) is 0 Å². The second-order valence-electron chi connectivity index (χ2n) is 6.02. The van der Waals surface area contributed by atoms with Crippen LogP contribution in [0.5, 0.6) is 5.88 Å². The maximum atomic E-state index is 5.43. The van der Waals surface area contributed by atoms with Crippen molar-refractivity contribution < 1.29 is 4.74 Å². The summed E-state index contributed by atoms with van der Waals surface area (Å²) in [6, 6.07) is 4.26. The lowest BCUT2D eigenvalue weighted by molar-refractivity contribution is 0.326. The Kier molecular flexibility index (Phi) is 4.32. The molecule has 2 N–H and O–H groups in total. The molecule has 0 unspecified atom stereocenters. The van der Waals surface area contributed by atoms with Crippen LogP contribution in [0.15, 0.2) is 31.0 Å². The summed E-state index contributed by atoms with van der Waals surface area (Å²) in [4.78, 5) is 22.6. The molecule has 3 aromatic rings. The first kappa shape index (κ1) is 15.6. The Hall–Kier alpha value is -2.90. The largest absolute Gasteiger partial charge is 0.478 e. The van der Waals surface area contributed by atoms with E-state index in [4.69, 9.17) is 4.74 Å². The number of hydrogen-bond acceptors (Lipinski definition) is 7. The van der Waals surface area contributed by atoms with Crippen LogP contribution in [0.2, 0.25) is 0 Å². The highest BCUT2D eigenvalue weighted by atomic mass is 16.5. The molecule has 0 radical (unpaired) electrons. The van der Waals surface area contributed by atoms with Crippen LogP contribution in [0.1, 0.15) is 19.8 Å². The van der Waals surface area contributed by atoms with E-state index in [1.807, 2.05) is 25.3 Å². The molecular formula is C17H21N7O. The number of hydrogen-bond donors (Lipinski definition) is 2. The summed E-state index contributed by atoms with van der Waals surface area (Å²) in [5, 5.41) is 4.56. The van der Waals surface area contributed by atoms with Crippen LogP contribution in [0.3, 0.4) is 0 Å². The molecule has 1 fully saturated rings. The number of rotatable bonds is 5. The van der Waals surface area contributed by atoms with E-state index in [9.17, 15) is 0 Å². The Labute approximate surface area is 145 Å². The fourth-order valence-electron chi connectivity index (χ4n) is 3.20. The van der Waals surface area contributed by atoms with Crippen molar-refractivity contribution in [2.45, 2.75) is 25.8 Å². The quantitative estimate of drug-likeness (QED) is 0.736. The first-order chi connectivity index (χ1) is 12.3. The van der Waals surface area contributed by atoms with E-state index in [0.717, 1.165) is 48.6 Å². The summed E-state index contributed by atoms with van der Waals surface area (Å²) in [7, 11) is 0. The van der Waals surface area contributed by atoms with Crippen molar-refractivity contribution >= 4 is 22.7 Å². The van der Waals surface area contributed by atoms with Gasteiger partial charge >= 0.3 is 0 Å². The van der Waals surface area contributed by atoms with Gasteiger partial charge in [0.1, 0.15) is 29.9 Å². The first-order valence-corrected chi connectivity index (χ1v) is 8.58. The van der Waals surface area contributed by atoms with Crippen LogP contribution in [-0.4, -0.2) is 50.7 Å². The van der Waals surface area contributed by atoms with Crippen molar-refractivity contribution in [3.05, 3.63) is 31.0 Å². The van der Waals surface area contributed by atoms with Gasteiger partial charge in [0, 0.05) is 31.4 Å². The maximum Gasteiger partial charge on any atom is 0.218 e. The zero-order valence-corrected chi connectivity index (χ0v) is 14.1. The predicted molar refractivity (Wildman–Crippen MR) is 95.9 cm³/mol. The van der Waals surface area contributed by atoms with Gasteiger partial charge in [-0.1, -0.05) is 0 Å². The summed E-state index contributed by atoms with van der Waals surface area (Å²) < 4.78 is 5.43. The summed E-state index contributed by atoms with van der Waals surface area (Å²) in [6.45, 7) is 4.43. The number of nitrogens with one attached hydrogen (secondary N) is 2. The molecule has 0 aliphatic carbocycles. The van der Waals surface area contributed by atoms with Gasteiger partial charge in [0.25, 0.3) is 0 Å². The summed E-state index contributed by atoms with van der Waals surface area (Å²) in [6.07, 6.45) is 7.09. The monoisotopic (exact) mass is 339 g/mol. The second kappa shape index (κ2) is 6.92. The summed E-state index contributed by atoms with van der Waals surface area (Å²) in [5.74, 6) is 2.42. The lowest BCUT2D eigenvalue weighted by atomic mass is 10.0. The number of nitrogens with zero attached hydrogens (tertiary/aromatic N) is 5. The summed E-state index contributed by atoms with van der Waals surface area (Å²) in [5.41, 5.74) is 0.884. The van der Waals surface area contributed by atoms with Crippen LogP contribution < -0.4 is 15.0 Å². The van der Waals surface area contributed by atoms with Crippen molar-refractivity contribution in [3.8, 4) is 5.88 Å². The van der Waals surface area contributed by atoms with E-state index in [0.29, 0.717) is 18.5 Å². The molecule has 0 bridgehead atoms. The minimum Gasteiger partial charge on any atom is -0.478 e. The zero-order chi connectivity index (χ0) is 17.1. The number of aromatic nitrogens is 5. The van der Waals surface area contributed by atoms with E-state index in [-0.39, 0.29) is 0 Å². The highest BCUT2D eigenvalue weighted by Gasteiger charge is 2.22. The molecule has 25 heavy (non-hydrogen) atoms. The molecule has 0 amide bonds. The minimum atomic E-state index is 0.379. The number of ether oxygens (including phenoxy) is 1. The molecule has 0 atom stereocenters. The molecule has 1 aliphatic rings. The normalized spacial score (nSPS) is 15.5. The zero-order valence-electron chi connectivity index (χ0n) is 14.1. The fourth-order valence-corrected chi connectivity index (χ4v) is 3.20. The molecule has 0 aromatic carbocycles. The van der Waals surface area contributed by atoms with E-state index in [2.05, 4.69) is 35.1 Å². The molecule has 0 saturated carbocycles. The molecule has 8 heteroatoms. The standard InChI is InChI=1S/C17H21N7O/c1-2-25-15-9-14(19-10-20-15)23-12-4-7-24(8-5-12)17-13-3-6-18-16(13)21-11-22-17/h3,6,9-12H,2,4-5,7-8H2,1H3,(H,18,21,22)(H,19,20,23). The Morgan fingerprint density at radius 3 is 2.88 bits per heavy atom. The Bertz CT molecular complexity index is 842. The lowest BCUT2D eigenvalue weighted by Crippen LogP contribution is -2.39. The third-order valence-corrected chi connectivity index (χ3v) is 4.41. The van der Waals surface area contributed by atoms with Gasteiger partial charge < -0.3 is 19.9 Å². The molecule has 8 nitrogen and oxygen atoms in total. The maximum absolute atomic E-state index is 5.43. The molecule has 4 rings (SSSR count). The van der Waals surface area contributed by atoms with Gasteiger partial charge in [0.05, 0.1) is 12.0 Å². The number of fused-ring (bicyclic) bond motifs is 1. The highest BCUT2D eigenvalue weighted by Crippen LogP contribution is 2.26. The predicted octanol–water partition coefficient (Wildman–Crippen LogP) is 2.23. The van der Waals surface area contributed by atoms with Crippen LogP contribution in [-0.2, 0) is 0 Å². The molecular weight excluding hydrogens is 318 g/mol. The van der Waals surface area contributed by atoms with E-state index >= 15 is 0 Å². The number of anilines is 2. The number of aromatic amines is 1. The van der Waals surface area contributed by atoms with Gasteiger partial charge in [-0.3, -0.25) is 0 Å². The van der Waals surface area contributed by atoms with Crippen LogP contribution in [0.4, 0.5) is 11.6 Å². The SMILES string of the molecule is CCOc1cc(NC2CCN(c3ncnc4[nH]ccc34)CC2)ncn1. The van der Waals surface area contributed by atoms with Gasteiger partial charge in [-0.25, -0.2) is 19.9 Å². The number of H-pyrrole nitrogens is 1. The molecule has 4 heterocycles. The molecule has 130 valence electrons. The molecule has 3 aromatic heterocycles. The lowest BCUT2D eigenvalue weighted by Gasteiger charge is -2.33. The van der Waals surface area contributed by atoms with Crippen molar-refractivity contribution in [2.24, 2.45) is 0 Å². The first-order valence-electron chi connectivity index (χ1n) is 8.58. The molecule has 0 spiro atoms. The smallest absolute Gasteiger partial charge is 0.218 e. The van der Waals surface area contributed by atoms with Gasteiger partial charge in [-0.15, -0.1) is 0 Å². The molecule has 1 saturated heterocycles. The van der Waals surface area contributed by atoms with Crippen molar-refractivity contribution in [1.82, 2.24) is 24.9 Å².